The van der Waals surface area contributed by atoms with Crippen LogP contribution in [0.5, 0.6) is 0 Å². The smallest absolute Gasteiger partial charge is 0.327 e. The van der Waals surface area contributed by atoms with Crippen LogP contribution >= 0.6 is 12.6 Å². The highest BCUT2D eigenvalue weighted by atomic mass is 32.1. The van der Waals surface area contributed by atoms with Crippen LogP contribution in [0.25, 0.3) is 0 Å². The highest BCUT2D eigenvalue weighted by Crippen LogP contribution is 1.76. The van der Waals surface area contributed by atoms with Gasteiger partial charge in [0.25, 0.3) is 0 Å². The standard InChI is InChI=1S/C6H13N3O2S/c1-2-11-6(10)3-8-9-5(7)4-12/h8,12H,2-4H2,1H3,(H2,7,9). The topological polar surface area (TPSA) is 76.7 Å². The fourth-order valence-electron chi connectivity index (χ4n) is 0.453. The zero-order chi connectivity index (χ0) is 9.40. The number of hydrazone groups is 1. The Morgan fingerprint density at radius 2 is 2.42 bits per heavy atom. The number of carbonyl (C=O) groups is 1. The van der Waals surface area contributed by atoms with Crippen LogP contribution in [0.15, 0.2) is 5.10 Å². The molecule has 0 saturated heterocycles. The predicted molar refractivity (Wildman–Crippen MR) is 50.1 cm³/mol. The van der Waals surface area contributed by atoms with Gasteiger partial charge in [-0.2, -0.15) is 17.7 Å². The molecule has 0 aliphatic heterocycles. The lowest BCUT2D eigenvalue weighted by molar-refractivity contribution is -0.141. The second-order valence-electron chi connectivity index (χ2n) is 1.90. The number of thiol groups is 1. The van der Waals surface area contributed by atoms with E-state index in [2.05, 4.69) is 27.9 Å². The van der Waals surface area contributed by atoms with Gasteiger partial charge in [0.15, 0.2) is 0 Å². The fourth-order valence-corrected chi connectivity index (χ4v) is 0.524. The number of hydrogen-bond acceptors (Lipinski definition) is 5. The minimum absolute atomic E-state index is 0.0301. The summed E-state index contributed by atoms with van der Waals surface area (Å²) >= 11 is 3.87. The van der Waals surface area contributed by atoms with E-state index in [0.717, 1.165) is 0 Å². The highest BCUT2D eigenvalue weighted by Gasteiger charge is 1.97. The van der Waals surface area contributed by atoms with E-state index in [4.69, 9.17) is 5.73 Å². The van der Waals surface area contributed by atoms with Crippen LogP contribution in [0.2, 0.25) is 0 Å². The molecule has 0 aromatic rings. The molecule has 12 heavy (non-hydrogen) atoms. The second-order valence-corrected chi connectivity index (χ2v) is 2.22. The predicted octanol–water partition coefficient (Wildman–Crippen LogP) is -0.659. The Kier molecular flexibility index (Phi) is 6.26. The molecule has 70 valence electrons. The summed E-state index contributed by atoms with van der Waals surface area (Å²) in [5.41, 5.74) is 7.75. The molecule has 5 nitrogen and oxygen atoms in total. The van der Waals surface area contributed by atoms with E-state index in [1.807, 2.05) is 0 Å². The molecule has 0 radical (unpaired) electrons. The van der Waals surface area contributed by atoms with Crippen LogP contribution in [0, 0.1) is 0 Å². The van der Waals surface area contributed by atoms with Crippen molar-refractivity contribution >= 4 is 24.4 Å². The van der Waals surface area contributed by atoms with Crippen molar-refractivity contribution in [3.63, 3.8) is 0 Å². The summed E-state index contributed by atoms with van der Waals surface area (Å²) in [5.74, 6) is 0.339. The number of esters is 1. The Morgan fingerprint density at radius 1 is 1.75 bits per heavy atom. The average Bonchev–Trinajstić information content (AvgIpc) is 2.04. The molecular weight excluding hydrogens is 178 g/mol. The number of carbonyl (C=O) groups excluding carboxylic acids is 1. The molecule has 0 spiro atoms. The van der Waals surface area contributed by atoms with Crippen LogP contribution in [-0.4, -0.2) is 30.7 Å². The van der Waals surface area contributed by atoms with Gasteiger partial charge in [-0.3, -0.25) is 10.2 Å². The fraction of sp³-hybridized carbons (Fsp3) is 0.667. The van der Waals surface area contributed by atoms with Crippen molar-refractivity contribution < 1.29 is 9.53 Å². The van der Waals surface area contributed by atoms with Gasteiger partial charge in [0.1, 0.15) is 12.4 Å². The summed E-state index contributed by atoms with van der Waals surface area (Å²) in [5, 5.41) is 3.63. The maximum atomic E-state index is 10.7. The van der Waals surface area contributed by atoms with Crippen LogP contribution in [0.4, 0.5) is 0 Å². The van der Waals surface area contributed by atoms with Crippen molar-refractivity contribution in [2.75, 3.05) is 18.9 Å². The molecule has 0 amide bonds. The number of nitrogens with two attached hydrogens (primary N) is 1. The molecule has 0 aromatic heterocycles. The van der Waals surface area contributed by atoms with Crippen molar-refractivity contribution in [1.29, 1.82) is 0 Å². The van der Waals surface area contributed by atoms with E-state index in [1.165, 1.54) is 0 Å². The maximum Gasteiger partial charge on any atom is 0.327 e. The molecule has 0 bridgehead atoms. The quantitative estimate of drug-likeness (QED) is 0.177. The molecule has 0 fully saturated rings. The Hall–Kier alpha value is -0.910. The number of nitrogens with zero attached hydrogens (tertiary/aromatic N) is 1. The monoisotopic (exact) mass is 191 g/mol. The third-order valence-electron chi connectivity index (χ3n) is 0.913. The molecule has 0 aliphatic carbocycles. The second kappa shape index (κ2) is 6.78. The van der Waals surface area contributed by atoms with Gasteiger partial charge in [-0.05, 0) is 6.92 Å². The Morgan fingerprint density at radius 3 is 2.92 bits per heavy atom. The van der Waals surface area contributed by atoms with Crippen LogP contribution in [0.1, 0.15) is 6.92 Å². The Labute approximate surface area is 76.7 Å². The van der Waals surface area contributed by atoms with Crippen molar-refractivity contribution in [2.45, 2.75) is 6.92 Å². The van der Waals surface area contributed by atoms with Crippen LogP contribution < -0.4 is 11.2 Å². The van der Waals surface area contributed by atoms with Crippen LogP contribution in [-0.2, 0) is 9.53 Å². The first kappa shape index (κ1) is 11.1. The molecule has 0 unspecified atom stereocenters. The van der Waals surface area contributed by atoms with E-state index in [1.54, 1.807) is 6.92 Å². The van der Waals surface area contributed by atoms with E-state index in [9.17, 15) is 4.79 Å². The molecule has 0 aliphatic rings. The van der Waals surface area contributed by atoms with E-state index < -0.39 is 0 Å². The minimum Gasteiger partial charge on any atom is -0.465 e. The molecule has 3 N–H and O–H groups in total. The van der Waals surface area contributed by atoms with Crippen molar-refractivity contribution in [3.05, 3.63) is 0 Å². The molecule has 0 aromatic carbocycles. The molecule has 0 heterocycles. The summed E-state index contributed by atoms with van der Waals surface area (Å²) in [6, 6.07) is 0. The van der Waals surface area contributed by atoms with E-state index in [-0.39, 0.29) is 12.5 Å². The number of nitrogens with one attached hydrogen (secondary N) is 1. The Balaban J connectivity index is 3.48. The van der Waals surface area contributed by atoms with Crippen molar-refractivity contribution in [2.24, 2.45) is 10.8 Å². The number of hydrogen-bond donors (Lipinski definition) is 3. The van der Waals surface area contributed by atoms with Gasteiger partial charge in [-0.15, -0.1) is 0 Å². The molecule has 0 rings (SSSR count). The van der Waals surface area contributed by atoms with Crippen molar-refractivity contribution in [3.8, 4) is 0 Å². The minimum atomic E-state index is -0.354. The van der Waals surface area contributed by atoms with Gasteiger partial charge in [0.2, 0.25) is 0 Å². The summed E-state index contributed by atoms with van der Waals surface area (Å²) in [6.07, 6.45) is 0. The summed E-state index contributed by atoms with van der Waals surface area (Å²) in [6.45, 7) is 2.14. The lowest BCUT2D eigenvalue weighted by atomic mass is 10.7. The van der Waals surface area contributed by atoms with Gasteiger partial charge in [0, 0.05) is 5.75 Å². The average molecular weight is 191 g/mol. The summed E-state index contributed by atoms with van der Waals surface area (Å²) < 4.78 is 4.63. The zero-order valence-corrected chi connectivity index (χ0v) is 7.80. The Bertz CT molecular complexity index is 172. The number of rotatable bonds is 5. The number of ether oxygens (including phenoxy) is 1. The molecular formula is C6H13N3O2S. The summed E-state index contributed by atoms with van der Waals surface area (Å²) in [7, 11) is 0. The first-order valence-corrected chi connectivity index (χ1v) is 4.15. The van der Waals surface area contributed by atoms with Gasteiger partial charge in [0.05, 0.1) is 6.61 Å². The first-order chi connectivity index (χ1) is 5.70. The van der Waals surface area contributed by atoms with Gasteiger partial charge < -0.3 is 10.5 Å². The van der Waals surface area contributed by atoms with E-state index >= 15 is 0 Å². The molecule has 0 atom stereocenters. The third-order valence-corrected chi connectivity index (χ3v) is 1.24. The molecule has 6 heteroatoms. The molecule has 0 saturated carbocycles. The summed E-state index contributed by atoms with van der Waals surface area (Å²) in [4.78, 5) is 10.7. The van der Waals surface area contributed by atoms with Gasteiger partial charge in [-0.25, -0.2) is 0 Å². The normalized spacial score (nSPS) is 11.0. The van der Waals surface area contributed by atoms with Gasteiger partial charge in [-0.1, -0.05) is 0 Å². The first-order valence-electron chi connectivity index (χ1n) is 3.52. The van der Waals surface area contributed by atoms with Gasteiger partial charge >= 0.3 is 5.97 Å². The van der Waals surface area contributed by atoms with E-state index in [0.29, 0.717) is 18.2 Å². The van der Waals surface area contributed by atoms with Crippen LogP contribution in [0.3, 0.4) is 0 Å². The van der Waals surface area contributed by atoms with Crippen molar-refractivity contribution in [1.82, 2.24) is 5.43 Å². The SMILES string of the molecule is CCOC(=O)CN/N=C(/N)CS. The largest absolute Gasteiger partial charge is 0.465 e. The lowest BCUT2D eigenvalue weighted by Crippen LogP contribution is -2.25. The zero-order valence-electron chi connectivity index (χ0n) is 6.91. The third kappa shape index (κ3) is 5.84. The highest BCUT2D eigenvalue weighted by molar-refractivity contribution is 7.81. The number of amidine groups is 1. The maximum absolute atomic E-state index is 10.7. The lowest BCUT2D eigenvalue weighted by Gasteiger charge is -2.01.